The minimum Gasteiger partial charge on any atom is -0.372 e. The highest BCUT2D eigenvalue weighted by Crippen LogP contribution is 2.27. The number of rotatable bonds is 4. The summed E-state index contributed by atoms with van der Waals surface area (Å²) in [6.45, 7) is 6.03. The number of nitrogens with zero attached hydrogens (tertiary/aromatic N) is 2. The van der Waals surface area contributed by atoms with Crippen molar-refractivity contribution < 1.29 is 0 Å². The summed E-state index contributed by atoms with van der Waals surface area (Å²) < 4.78 is 0. The summed E-state index contributed by atoms with van der Waals surface area (Å²) in [5, 5.41) is 2.83. The predicted molar refractivity (Wildman–Crippen MR) is 109 cm³/mol. The van der Waals surface area contributed by atoms with Crippen molar-refractivity contribution in [1.29, 1.82) is 0 Å². The Hall–Kier alpha value is -3.14. The SMILES string of the molecule is CCN(CC)c1ccc2nc(-c3cccc4ccccc34)[nH]c(=O)c2c1. The second kappa shape index (κ2) is 6.64. The number of H-pyrrole nitrogens is 1. The summed E-state index contributed by atoms with van der Waals surface area (Å²) in [7, 11) is 0. The largest absolute Gasteiger partial charge is 0.372 e. The van der Waals surface area contributed by atoms with Gasteiger partial charge in [-0.15, -0.1) is 0 Å². The molecule has 26 heavy (non-hydrogen) atoms. The molecule has 0 aliphatic heterocycles. The average Bonchev–Trinajstić information content (AvgIpc) is 2.68. The van der Waals surface area contributed by atoms with Crippen LogP contribution in [0.3, 0.4) is 0 Å². The van der Waals surface area contributed by atoms with Crippen LogP contribution in [0.25, 0.3) is 33.1 Å². The number of aromatic amines is 1. The van der Waals surface area contributed by atoms with Crippen molar-refractivity contribution in [3.8, 4) is 11.4 Å². The fraction of sp³-hybridized carbons (Fsp3) is 0.182. The van der Waals surface area contributed by atoms with Crippen LogP contribution in [0.4, 0.5) is 5.69 Å². The van der Waals surface area contributed by atoms with E-state index in [1.54, 1.807) is 0 Å². The Kier molecular flexibility index (Phi) is 4.17. The molecule has 130 valence electrons. The van der Waals surface area contributed by atoms with Crippen molar-refractivity contribution in [2.75, 3.05) is 18.0 Å². The van der Waals surface area contributed by atoms with E-state index in [9.17, 15) is 4.79 Å². The fourth-order valence-electron chi connectivity index (χ4n) is 3.47. The Bertz CT molecular complexity index is 1140. The van der Waals surface area contributed by atoms with Crippen molar-refractivity contribution in [3.05, 3.63) is 71.0 Å². The Morgan fingerprint density at radius 3 is 2.50 bits per heavy atom. The Morgan fingerprint density at radius 1 is 0.923 bits per heavy atom. The van der Waals surface area contributed by atoms with Gasteiger partial charge >= 0.3 is 0 Å². The van der Waals surface area contributed by atoms with Gasteiger partial charge in [-0.25, -0.2) is 4.98 Å². The third kappa shape index (κ3) is 2.73. The third-order valence-corrected chi connectivity index (χ3v) is 4.86. The molecular formula is C22H21N3O. The first-order chi connectivity index (χ1) is 12.7. The Morgan fingerprint density at radius 2 is 1.69 bits per heavy atom. The summed E-state index contributed by atoms with van der Waals surface area (Å²) in [6, 6.07) is 20.1. The average molecular weight is 343 g/mol. The molecule has 4 rings (SSSR count). The van der Waals surface area contributed by atoms with Crippen molar-refractivity contribution in [2.24, 2.45) is 0 Å². The quantitative estimate of drug-likeness (QED) is 0.589. The highest BCUT2D eigenvalue weighted by Gasteiger charge is 2.11. The lowest BCUT2D eigenvalue weighted by molar-refractivity contribution is 0.867. The molecule has 4 aromatic rings. The van der Waals surface area contributed by atoms with Crippen LogP contribution in [0.5, 0.6) is 0 Å². The highest BCUT2D eigenvalue weighted by atomic mass is 16.1. The molecule has 0 radical (unpaired) electrons. The molecule has 1 heterocycles. The topological polar surface area (TPSA) is 49.0 Å². The second-order valence-electron chi connectivity index (χ2n) is 6.31. The van der Waals surface area contributed by atoms with E-state index in [2.05, 4.69) is 41.9 Å². The summed E-state index contributed by atoms with van der Waals surface area (Å²) in [6.07, 6.45) is 0. The first-order valence-electron chi connectivity index (χ1n) is 8.98. The lowest BCUT2D eigenvalue weighted by atomic mass is 10.0. The van der Waals surface area contributed by atoms with Gasteiger partial charge < -0.3 is 9.88 Å². The molecule has 0 saturated carbocycles. The smallest absolute Gasteiger partial charge is 0.259 e. The van der Waals surface area contributed by atoms with Gasteiger partial charge in [-0.2, -0.15) is 0 Å². The highest BCUT2D eigenvalue weighted by molar-refractivity contribution is 5.96. The zero-order chi connectivity index (χ0) is 18.1. The molecule has 0 fully saturated rings. The van der Waals surface area contributed by atoms with Gasteiger partial charge in [0.1, 0.15) is 5.82 Å². The maximum Gasteiger partial charge on any atom is 0.259 e. The van der Waals surface area contributed by atoms with Gasteiger partial charge in [0.05, 0.1) is 10.9 Å². The summed E-state index contributed by atoms with van der Waals surface area (Å²) >= 11 is 0. The van der Waals surface area contributed by atoms with E-state index in [1.807, 2.05) is 42.5 Å². The standard InChI is InChI=1S/C22H21N3O/c1-3-25(4-2)16-12-13-20-19(14-16)22(26)24-21(23-20)18-11-7-9-15-8-5-6-10-17(15)18/h5-14H,3-4H2,1-2H3,(H,23,24,26). The Balaban J connectivity index is 1.90. The van der Waals surface area contributed by atoms with Gasteiger partial charge in [-0.3, -0.25) is 4.79 Å². The molecule has 4 nitrogen and oxygen atoms in total. The van der Waals surface area contributed by atoms with Gasteiger partial charge in [-0.05, 0) is 42.8 Å². The van der Waals surface area contributed by atoms with Gasteiger partial charge in [0.2, 0.25) is 0 Å². The monoisotopic (exact) mass is 343 g/mol. The second-order valence-corrected chi connectivity index (χ2v) is 6.31. The zero-order valence-corrected chi connectivity index (χ0v) is 15.0. The van der Waals surface area contributed by atoms with Crippen molar-refractivity contribution in [2.45, 2.75) is 13.8 Å². The molecule has 0 aliphatic rings. The Labute approximate surface area is 152 Å². The molecule has 4 heteroatoms. The van der Waals surface area contributed by atoms with Crippen molar-refractivity contribution in [1.82, 2.24) is 9.97 Å². The van der Waals surface area contributed by atoms with Gasteiger partial charge in [0, 0.05) is 24.3 Å². The maximum atomic E-state index is 12.7. The van der Waals surface area contributed by atoms with Crippen LogP contribution < -0.4 is 10.5 Å². The number of fused-ring (bicyclic) bond motifs is 2. The van der Waals surface area contributed by atoms with Gasteiger partial charge in [0.15, 0.2) is 0 Å². The van der Waals surface area contributed by atoms with E-state index in [0.29, 0.717) is 16.7 Å². The van der Waals surface area contributed by atoms with E-state index in [-0.39, 0.29) is 5.56 Å². The van der Waals surface area contributed by atoms with Crippen molar-refractivity contribution >= 4 is 27.4 Å². The van der Waals surface area contributed by atoms with Crippen LogP contribution >= 0.6 is 0 Å². The van der Waals surface area contributed by atoms with Gasteiger partial charge in [0.25, 0.3) is 5.56 Å². The molecule has 1 N–H and O–H groups in total. The molecule has 3 aromatic carbocycles. The van der Waals surface area contributed by atoms with Crippen molar-refractivity contribution in [3.63, 3.8) is 0 Å². The van der Waals surface area contributed by atoms with Crippen LogP contribution in [0.2, 0.25) is 0 Å². The summed E-state index contributed by atoms with van der Waals surface area (Å²) in [4.78, 5) is 22.7. The normalized spacial score (nSPS) is 11.2. The van der Waals surface area contributed by atoms with Crippen LogP contribution in [0.1, 0.15) is 13.8 Å². The van der Waals surface area contributed by atoms with Gasteiger partial charge in [-0.1, -0.05) is 42.5 Å². The van der Waals surface area contributed by atoms with Crippen LogP contribution in [-0.4, -0.2) is 23.1 Å². The fourth-order valence-corrected chi connectivity index (χ4v) is 3.47. The summed E-state index contributed by atoms with van der Waals surface area (Å²) in [5.74, 6) is 0.606. The minimum atomic E-state index is -0.105. The molecule has 0 amide bonds. The van der Waals surface area contributed by atoms with E-state index in [0.717, 1.165) is 35.1 Å². The van der Waals surface area contributed by atoms with E-state index < -0.39 is 0 Å². The molecule has 0 saturated heterocycles. The summed E-state index contributed by atoms with van der Waals surface area (Å²) in [5.41, 5.74) is 2.60. The number of aromatic nitrogens is 2. The van der Waals surface area contributed by atoms with Crippen LogP contribution in [0.15, 0.2) is 65.5 Å². The molecule has 0 aliphatic carbocycles. The molecule has 1 aromatic heterocycles. The number of anilines is 1. The van der Waals surface area contributed by atoms with E-state index in [4.69, 9.17) is 4.98 Å². The lowest BCUT2D eigenvalue weighted by Crippen LogP contribution is -2.22. The minimum absolute atomic E-state index is 0.105. The van der Waals surface area contributed by atoms with E-state index >= 15 is 0 Å². The first kappa shape index (κ1) is 16.3. The number of nitrogens with one attached hydrogen (secondary N) is 1. The van der Waals surface area contributed by atoms with E-state index in [1.165, 1.54) is 0 Å². The maximum absolute atomic E-state index is 12.7. The molecule has 0 spiro atoms. The zero-order valence-electron chi connectivity index (χ0n) is 15.0. The van der Waals surface area contributed by atoms with Crippen LogP contribution in [-0.2, 0) is 0 Å². The molecule has 0 atom stereocenters. The first-order valence-corrected chi connectivity index (χ1v) is 8.98. The molecule has 0 unspecified atom stereocenters. The molecule has 0 bridgehead atoms. The van der Waals surface area contributed by atoms with Crippen LogP contribution in [0, 0.1) is 0 Å². The third-order valence-electron chi connectivity index (χ3n) is 4.86. The number of benzene rings is 3. The number of hydrogen-bond acceptors (Lipinski definition) is 3. The predicted octanol–water partition coefficient (Wildman–Crippen LogP) is 4.59. The lowest BCUT2D eigenvalue weighted by Gasteiger charge is -2.21. The molecular weight excluding hydrogens is 322 g/mol. The number of hydrogen-bond donors (Lipinski definition) is 1.